The van der Waals surface area contributed by atoms with Crippen LogP contribution in [0.15, 0.2) is 6.07 Å². The Morgan fingerprint density at radius 1 is 1.35 bits per heavy atom. The molecule has 0 saturated carbocycles. The average molecular weight is 252 g/mol. The van der Waals surface area contributed by atoms with Crippen molar-refractivity contribution in [2.24, 2.45) is 11.7 Å². The van der Waals surface area contributed by atoms with Crippen molar-refractivity contribution in [2.45, 2.75) is 33.7 Å². The van der Waals surface area contributed by atoms with Gasteiger partial charge in [-0.05, 0) is 25.8 Å². The van der Waals surface area contributed by atoms with Crippen LogP contribution in [0.3, 0.4) is 0 Å². The zero-order chi connectivity index (χ0) is 13.2. The van der Waals surface area contributed by atoms with Gasteiger partial charge in [-0.25, -0.2) is 9.97 Å². The first kappa shape index (κ1) is 13.8. The smallest absolute Gasteiger partial charge is 0.226 e. The van der Waals surface area contributed by atoms with E-state index in [1.54, 1.807) is 6.07 Å². The highest BCUT2D eigenvalue weighted by Gasteiger charge is 2.17. The maximum absolute atomic E-state index is 5.61. The number of hydrogen-bond acceptors (Lipinski definition) is 4. The summed E-state index contributed by atoms with van der Waals surface area (Å²) in [6.07, 6.45) is 0. The van der Waals surface area contributed by atoms with Gasteiger partial charge in [0, 0.05) is 18.8 Å². The molecule has 0 bridgehead atoms. The normalized spacial score (nSPS) is 12.6. The summed E-state index contributed by atoms with van der Waals surface area (Å²) >= 11 is 4.95. The summed E-state index contributed by atoms with van der Waals surface area (Å²) < 4.78 is 0. The molecule has 17 heavy (non-hydrogen) atoms. The van der Waals surface area contributed by atoms with Crippen molar-refractivity contribution in [3.8, 4) is 0 Å². The van der Waals surface area contributed by atoms with Crippen molar-refractivity contribution in [1.29, 1.82) is 0 Å². The highest BCUT2D eigenvalue weighted by atomic mass is 32.1. The second-order valence-corrected chi connectivity index (χ2v) is 5.09. The summed E-state index contributed by atoms with van der Waals surface area (Å²) in [6.45, 7) is 8.41. The zero-order valence-corrected chi connectivity index (χ0v) is 11.9. The first-order valence-electron chi connectivity index (χ1n) is 5.71. The molecule has 94 valence electrons. The van der Waals surface area contributed by atoms with Gasteiger partial charge in [-0.15, -0.1) is 0 Å². The van der Waals surface area contributed by atoms with Crippen LogP contribution in [0, 0.1) is 12.8 Å². The third-order valence-electron chi connectivity index (χ3n) is 2.99. The molecule has 1 aromatic heterocycles. The maximum Gasteiger partial charge on any atom is 0.226 e. The molecule has 0 spiro atoms. The predicted molar refractivity (Wildman–Crippen MR) is 75.4 cm³/mol. The molecule has 2 N–H and O–H groups in total. The lowest BCUT2D eigenvalue weighted by atomic mass is 10.1. The third kappa shape index (κ3) is 3.36. The Morgan fingerprint density at radius 2 is 1.94 bits per heavy atom. The number of nitrogens with zero attached hydrogens (tertiary/aromatic N) is 3. The first-order chi connectivity index (χ1) is 7.82. The number of nitrogens with two attached hydrogens (primary N) is 1. The number of rotatable bonds is 4. The van der Waals surface area contributed by atoms with Crippen LogP contribution >= 0.6 is 12.2 Å². The standard InChI is InChI=1S/C12H20N4S/c1-7(2)9(4)16(5)12-14-8(3)6-10(15-12)11(13)17/h6-7,9H,1-5H3,(H2,13,17). The van der Waals surface area contributed by atoms with Crippen molar-refractivity contribution >= 4 is 23.2 Å². The second-order valence-electron chi connectivity index (χ2n) is 4.65. The van der Waals surface area contributed by atoms with Gasteiger partial charge in [0.25, 0.3) is 0 Å². The Kier molecular flexibility index (Phi) is 4.40. The maximum atomic E-state index is 5.61. The van der Waals surface area contributed by atoms with E-state index in [0.717, 1.165) is 5.69 Å². The van der Waals surface area contributed by atoms with Gasteiger partial charge >= 0.3 is 0 Å². The van der Waals surface area contributed by atoms with Crippen molar-refractivity contribution < 1.29 is 0 Å². The lowest BCUT2D eigenvalue weighted by Crippen LogP contribution is -2.35. The van der Waals surface area contributed by atoms with E-state index in [-0.39, 0.29) is 0 Å². The molecule has 0 aromatic carbocycles. The molecular weight excluding hydrogens is 232 g/mol. The fourth-order valence-corrected chi connectivity index (χ4v) is 1.57. The van der Waals surface area contributed by atoms with E-state index in [4.69, 9.17) is 18.0 Å². The number of aryl methyl sites for hydroxylation is 1. The van der Waals surface area contributed by atoms with Gasteiger partial charge in [0.05, 0.1) is 0 Å². The Balaban J connectivity index is 3.09. The van der Waals surface area contributed by atoms with Crippen LogP contribution in [-0.4, -0.2) is 28.0 Å². The summed E-state index contributed by atoms with van der Waals surface area (Å²) in [5.41, 5.74) is 7.12. The van der Waals surface area contributed by atoms with Crippen LogP contribution in [0.25, 0.3) is 0 Å². The monoisotopic (exact) mass is 252 g/mol. The van der Waals surface area contributed by atoms with E-state index in [1.807, 2.05) is 14.0 Å². The molecule has 1 atom stereocenters. The molecule has 1 heterocycles. The quantitative estimate of drug-likeness (QED) is 0.829. The minimum Gasteiger partial charge on any atom is -0.388 e. The van der Waals surface area contributed by atoms with Crippen molar-refractivity contribution in [3.05, 3.63) is 17.5 Å². The Hall–Kier alpha value is -1.23. The molecular formula is C12H20N4S. The van der Waals surface area contributed by atoms with Crippen LogP contribution in [0.4, 0.5) is 5.95 Å². The molecule has 0 aliphatic rings. The van der Waals surface area contributed by atoms with Crippen LogP contribution in [0.5, 0.6) is 0 Å². The summed E-state index contributed by atoms with van der Waals surface area (Å²) in [7, 11) is 1.99. The van der Waals surface area contributed by atoms with Crippen LogP contribution in [-0.2, 0) is 0 Å². The van der Waals surface area contributed by atoms with Crippen LogP contribution < -0.4 is 10.6 Å². The lowest BCUT2D eigenvalue weighted by Gasteiger charge is -2.28. The van der Waals surface area contributed by atoms with Gasteiger partial charge in [-0.3, -0.25) is 0 Å². The van der Waals surface area contributed by atoms with E-state index >= 15 is 0 Å². The van der Waals surface area contributed by atoms with Gasteiger partial charge in [-0.2, -0.15) is 0 Å². The molecule has 0 amide bonds. The minimum atomic E-state index is 0.308. The number of thiocarbonyl (C=S) groups is 1. The molecule has 0 fully saturated rings. The molecule has 0 radical (unpaired) electrons. The summed E-state index contributed by atoms with van der Waals surface area (Å²) in [5, 5.41) is 0. The molecule has 1 rings (SSSR count). The highest BCUT2D eigenvalue weighted by molar-refractivity contribution is 7.80. The van der Waals surface area contributed by atoms with E-state index in [2.05, 4.69) is 35.6 Å². The van der Waals surface area contributed by atoms with Crippen LogP contribution in [0.2, 0.25) is 0 Å². The van der Waals surface area contributed by atoms with E-state index in [9.17, 15) is 0 Å². The molecule has 0 aliphatic heterocycles. The van der Waals surface area contributed by atoms with Crippen molar-refractivity contribution in [2.75, 3.05) is 11.9 Å². The Bertz CT molecular complexity index is 417. The first-order valence-corrected chi connectivity index (χ1v) is 6.12. The van der Waals surface area contributed by atoms with Crippen LogP contribution in [0.1, 0.15) is 32.2 Å². The second kappa shape index (κ2) is 5.40. The Labute approximate surface area is 108 Å². The van der Waals surface area contributed by atoms with E-state index < -0.39 is 0 Å². The number of aromatic nitrogens is 2. The SMILES string of the molecule is Cc1cc(C(N)=S)nc(N(C)C(C)C(C)C)n1. The molecule has 0 saturated heterocycles. The number of anilines is 1. The molecule has 0 aliphatic carbocycles. The van der Waals surface area contributed by atoms with E-state index in [1.165, 1.54) is 0 Å². The highest BCUT2D eigenvalue weighted by Crippen LogP contribution is 2.16. The summed E-state index contributed by atoms with van der Waals surface area (Å²) in [4.78, 5) is 11.2. The third-order valence-corrected chi connectivity index (χ3v) is 3.20. The van der Waals surface area contributed by atoms with Gasteiger partial charge in [0.1, 0.15) is 10.7 Å². The average Bonchev–Trinajstić information content (AvgIpc) is 2.25. The summed E-state index contributed by atoms with van der Waals surface area (Å²) in [6, 6.07) is 2.16. The minimum absolute atomic E-state index is 0.308. The van der Waals surface area contributed by atoms with Gasteiger partial charge in [-0.1, -0.05) is 26.1 Å². The molecule has 1 aromatic rings. The molecule has 4 nitrogen and oxygen atoms in total. The molecule has 1 unspecified atom stereocenters. The fraction of sp³-hybridized carbons (Fsp3) is 0.583. The van der Waals surface area contributed by atoms with Crippen molar-refractivity contribution in [1.82, 2.24) is 9.97 Å². The van der Waals surface area contributed by atoms with Gasteiger partial charge in [0.15, 0.2) is 0 Å². The largest absolute Gasteiger partial charge is 0.388 e. The zero-order valence-electron chi connectivity index (χ0n) is 11.1. The van der Waals surface area contributed by atoms with E-state index in [0.29, 0.717) is 28.6 Å². The number of hydrogen-bond donors (Lipinski definition) is 1. The van der Waals surface area contributed by atoms with Gasteiger partial charge < -0.3 is 10.6 Å². The van der Waals surface area contributed by atoms with Gasteiger partial charge in [0.2, 0.25) is 5.95 Å². The summed E-state index contributed by atoms with van der Waals surface area (Å²) in [5.74, 6) is 1.20. The topological polar surface area (TPSA) is 55.0 Å². The predicted octanol–water partition coefficient (Wildman–Crippen LogP) is 1.90. The lowest BCUT2D eigenvalue weighted by molar-refractivity contribution is 0.499. The molecule has 5 heteroatoms. The Morgan fingerprint density at radius 3 is 2.41 bits per heavy atom. The fourth-order valence-electron chi connectivity index (χ4n) is 1.47. The van der Waals surface area contributed by atoms with Crippen molar-refractivity contribution in [3.63, 3.8) is 0 Å².